The van der Waals surface area contributed by atoms with Crippen molar-refractivity contribution in [3.8, 4) is 5.13 Å². The molecule has 4 rings (SSSR count). The van der Waals surface area contributed by atoms with Crippen molar-refractivity contribution in [2.75, 3.05) is 6.61 Å². The lowest BCUT2D eigenvalue weighted by molar-refractivity contribution is 0.0524. The molecule has 1 aromatic carbocycles. The molecule has 0 bridgehead atoms. The average molecular weight is 428 g/mol. The van der Waals surface area contributed by atoms with Crippen LogP contribution in [0.25, 0.3) is 15.3 Å². The molecule has 3 heterocycles. The van der Waals surface area contributed by atoms with Gasteiger partial charge in [-0.15, -0.1) is 11.3 Å². The number of benzene rings is 1. The molecule has 7 nitrogen and oxygen atoms in total. The standard InChI is InChI=1S/C20H21N5O2S2/c1-4-27-19(26)14-9-22-25(20-24-15-7-5-6-8-18(15)29-20)17(14)10-21-12(2)16-11-28-13(3)23-16/h5-9,11-12,21H,4,10H2,1-3H3. The van der Waals surface area contributed by atoms with Gasteiger partial charge in [-0.25, -0.2) is 19.4 Å². The van der Waals surface area contributed by atoms with Gasteiger partial charge >= 0.3 is 5.97 Å². The Balaban J connectivity index is 1.67. The van der Waals surface area contributed by atoms with Gasteiger partial charge in [0.1, 0.15) is 5.56 Å². The maximum Gasteiger partial charge on any atom is 0.341 e. The van der Waals surface area contributed by atoms with Crippen LogP contribution in [-0.4, -0.2) is 32.3 Å². The number of nitrogens with zero attached hydrogens (tertiary/aromatic N) is 4. The highest BCUT2D eigenvalue weighted by Crippen LogP contribution is 2.26. The molecule has 0 aliphatic rings. The lowest BCUT2D eigenvalue weighted by Crippen LogP contribution is -2.22. The average Bonchev–Trinajstić information content (AvgIpc) is 3.43. The maximum absolute atomic E-state index is 12.5. The Morgan fingerprint density at radius 2 is 2.14 bits per heavy atom. The second-order valence-corrected chi connectivity index (χ2v) is 8.57. The largest absolute Gasteiger partial charge is 0.462 e. The van der Waals surface area contributed by atoms with Crippen LogP contribution >= 0.6 is 22.7 Å². The summed E-state index contributed by atoms with van der Waals surface area (Å²) >= 11 is 3.16. The van der Waals surface area contributed by atoms with Gasteiger partial charge in [0.2, 0.25) is 5.13 Å². The van der Waals surface area contributed by atoms with Crippen molar-refractivity contribution >= 4 is 38.9 Å². The Hall–Kier alpha value is -2.62. The Labute approximate surface area is 176 Å². The summed E-state index contributed by atoms with van der Waals surface area (Å²) in [6.07, 6.45) is 1.55. The van der Waals surface area contributed by atoms with Gasteiger partial charge in [-0.1, -0.05) is 23.5 Å². The quantitative estimate of drug-likeness (QED) is 0.444. The first kappa shape index (κ1) is 19.7. The summed E-state index contributed by atoms with van der Waals surface area (Å²) in [5.74, 6) is -0.381. The molecule has 0 aliphatic heterocycles. The number of hydrogen-bond acceptors (Lipinski definition) is 8. The summed E-state index contributed by atoms with van der Waals surface area (Å²) in [6, 6.07) is 7.97. The third-order valence-corrected chi connectivity index (χ3v) is 6.29. The SMILES string of the molecule is CCOC(=O)c1cnn(-c2nc3ccccc3s2)c1CNC(C)c1csc(C)n1. The number of fused-ring (bicyclic) bond motifs is 1. The van der Waals surface area contributed by atoms with Gasteiger partial charge in [0.25, 0.3) is 0 Å². The third kappa shape index (κ3) is 4.07. The van der Waals surface area contributed by atoms with E-state index in [1.807, 2.05) is 36.6 Å². The first-order chi connectivity index (χ1) is 14.1. The molecule has 0 spiro atoms. The minimum atomic E-state index is -0.381. The third-order valence-electron chi connectivity index (χ3n) is 4.48. The smallest absolute Gasteiger partial charge is 0.341 e. The van der Waals surface area contributed by atoms with Crippen LogP contribution < -0.4 is 5.32 Å². The van der Waals surface area contributed by atoms with E-state index in [9.17, 15) is 4.79 Å². The summed E-state index contributed by atoms with van der Waals surface area (Å²) < 4.78 is 8.02. The summed E-state index contributed by atoms with van der Waals surface area (Å²) in [5.41, 5.74) is 3.06. The number of hydrogen-bond donors (Lipinski definition) is 1. The number of aryl methyl sites for hydroxylation is 1. The summed E-state index contributed by atoms with van der Waals surface area (Å²) in [5, 5.41) is 11.7. The van der Waals surface area contributed by atoms with E-state index < -0.39 is 0 Å². The molecule has 0 saturated carbocycles. The first-order valence-electron chi connectivity index (χ1n) is 9.32. The zero-order valence-electron chi connectivity index (χ0n) is 16.4. The molecule has 9 heteroatoms. The fourth-order valence-corrected chi connectivity index (χ4v) is 4.63. The van der Waals surface area contributed by atoms with E-state index in [0.29, 0.717) is 18.7 Å². The molecule has 1 N–H and O–H groups in total. The topological polar surface area (TPSA) is 81.9 Å². The Morgan fingerprint density at radius 1 is 1.31 bits per heavy atom. The van der Waals surface area contributed by atoms with Crippen molar-refractivity contribution in [1.82, 2.24) is 25.1 Å². The Bertz CT molecular complexity index is 1110. The summed E-state index contributed by atoms with van der Waals surface area (Å²) in [4.78, 5) is 21.7. The second kappa shape index (κ2) is 8.40. The number of esters is 1. The van der Waals surface area contributed by atoms with Gasteiger partial charge in [0.15, 0.2) is 0 Å². The number of carbonyl (C=O) groups excluding carboxylic acids is 1. The summed E-state index contributed by atoms with van der Waals surface area (Å²) in [7, 11) is 0. The molecule has 150 valence electrons. The molecule has 0 amide bonds. The van der Waals surface area contributed by atoms with Gasteiger partial charge in [-0.05, 0) is 32.9 Å². The minimum absolute atomic E-state index is 0.0358. The Kier molecular flexibility index (Phi) is 5.70. The van der Waals surface area contributed by atoms with Crippen LogP contribution in [0.1, 0.15) is 46.6 Å². The van der Waals surface area contributed by atoms with Crippen LogP contribution in [-0.2, 0) is 11.3 Å². The van der Waals surface area contributed by atoms with Gasteiger partial charge in [0, 0.05) is 18.0 Å². The van der Waals surface area contributed by atoms with Crippen molar-refractivity contribution in [1.29, 1.82) is 0 Å². The van der Waals surface area contributed by atoms with E-state index in [1.54, 1.807) is 29.1 Å². The van der Waals surface area contributed by atoms with Crippen LogP contribution in [0.3, 0.4) is 0 Å². The number of carbonyl (C=O) groups is 1. The normalized spacial score (nSPS) is 12.4. The lowest BCUT2D eigenvalue weighted by Gasteiger charge is -2.13. The molecule has 0 aliphatic carbocycles. The predicted octanol–water partition coefficient (Wildman–Crippen LogP) is 4.27. The predicted molar refractivity (Wildman–Crippen MR) is 115 cm³/mol. The van der Waals surface area contributed by atoms with Crippen molar-refractivity contribution in [3.63, 3.8) is 0 Å². The molecule has 0 saturated heterocycles. The van der Waals surface area contributed by atoms with Crippen molar-refractivity contribution < 1.29 is 9.53 Å². The molecule has 29 heavy (non-hydrogen) atoms. The van der Waals surface area contributed by atoms with Crippen LogP contribution in [0.5, 0.6) is 0 Å². The molecule has 3 aromatic heterocycles. The number of thiazole rings is 2. The van der Waals surface area contributed by atoms with Gasteiger partial charge < -0.3 is 10.1 Å². The van der Waals surface area contributed by atoms with E-state index in [4.69, 9.17) is 4.74 Å². The second-order valence-electron chi connectivity index (χ2n) is 6.50. The number of ether oxygens (including phenoxy) is 1. The van der Waals surface area contributed by atoms with Crippen LogP contribution in [0.2, 0.25) is 0 Å². The van der Waals surface area contributed by atoms with Crippen LogP contribution in [0.15, 0.2) is 35.8 Å². The molecule has 1 atom stereocenters. The fraction of sp³-hybridized carbons (Fsp3) is 0.300. The van der Waals surface area contributed by atoms with Crippen LogP contribution in [0.4, 0.5) is 0 Å². The number of aromatic nitrogens is 4. The van der Waals surface area contributed by atoms with Crippen molar-refractivity contribution in [2.24, 2.45) is 0 Å². The molecule has 1 unspecified atom stereocenters. The molecular weight excluding hydrogens is 406 g/mol. The maximum atomic E-state index is 12.5. The highest BCUT2D eigenvalue weighted by molar-refractivity contribution is 7.20. The van der Waals surface area contributed by atoms with E-state index in [-0.39, 0.29) is 12.0 Å². The number of nitrogens with one attached hydrogen (secondary N) is 1. The zero-order valence-corrected chi connectivity index (χ0v) is 18.0. The molecule has 0 fully saturated rings. The van der Waals surface area contributed by atoms with E-state index in [2.05, 4.69) is 27.3 Å². The lowest BCUT2D eigenvalue weighted by atomic mass is 10.2. The minimum Gasteiger partial charge on any atom is -0.462 e. The zero-order chi connectivity index (χ0) is 20.4. The van der Waals surface area contributed by atoms with Crippen molar-refractivity contribution in [2.45, 2.75) is 33.4 Å². The van der Waals surface area contributed by atoms with E-state index in [0.717, 1.165) is 31.7 Å². The molecular formula is C20H21N5O2S2. The number of rotatable bonds is 7. The van der Waals surface area contributed by atoms with Gasteiger partial charge in [-0.2, -0.15) is 5.10 Å². The molecule has 0 radical (unpaired) electrons. The van der Waals surface area contributed by atoms with E-state index in [1.165, 1.54) is 11.3 Å². The van der Waals surface area contributed by atoms with E-state index >= 15 is 0 Å². The fourth-order valence-electron chi connectivity index (χ4n) is 2.97. The molecule has 4 aromatic rings. The summed E-state index contributed by atoms with van der Waals surface area (Å²) in [6.45, 7) is 6.58. The Morgan fingerprint density at radius 3 is 2.86 bits per heavy atom. The highest BCUT2D eigenvalue weighted by Gasteiger charge is 2.22. The first-order valence-corrected chi connectivity index (χ1v) is 11.0. The monoisotopic (exact) mass is 427 g/mol. The number of para-hydroxylation sites is 1. The van der Waals surface area contributed by atoms with Crippen molar-refractivity contribution in [3.05, 3.63) is 57.8 Å². The highest BCUT2D eigenvalue weighted by atomic mass is 32.1. The van der Waals surface area contributed by atoms with Gasteiger partial charge in [0.05, 0.1) is 39.4 Å². The van der Waals surface area contributed by atoms with Gasteiger partial charge in [-0.3, -0.25) is 0 Å². The van der Waals surface area contributed by atoms with Crippen LogP contribution in [0, 0.1) is 6.92 Å².